The van der Waals surface area contributed by atoms with Gasteiger partial charge >= 0.3 is 0 Å². The molecule has 0 heteroatoms. The van der Waals surface area contributed by atoms with Crippen LogP contribution in [0.25, 0.3) is 0 Å². The quantitative estimate of drug-likeness (QED) is 0.330. The van der Waals surface area contributed by atoms with E-state index in [0.717, 1.165) is 29.1 Å². The summed E-state index contributed by atoms with van der Waals surface area (Å²) in [7, 11) is 0. The maximum absolute atomic E-state index is 4.07. The monoisotopic (exact) mass is 354 g/mol. The maximum Gasteiger partial charge on any atom is 0.0227 e. The van der Waals surface area contributed by atoms with E-state index in [4.69, 9.17) is 0 Å². The van der Waals surface area contributed by atoms with Crippen molar-refractivity contribution in [2.24, 2.45) is 5.92 Å². The van der Waals surface area contributed by atoms with E-state index >= 15 is 0 Å². The Morgan fingerprint density at radius 1 is 1.19 bits per heavy atom. The molecule has 0 heterocycles. The van der Waals surface area contributed by atoms with Gasteiger partial charge in [0.25, 0.3) is 0 Å². The van der Waals surface area contributed by atoms with Crippen LogP contribution in [0.1, 0.15) is 92.4 Å². The molecule has 1 fully saturated rings. The van der Waals surface area contributed by atoms with E-state index in [2.05, 4.69) is 52.3 Å². The summed E-state index contributed by atoms with van der Waals surface area (Å²) in [5.41, 5.74) is 8.67. The van der Waals surface area contributed by atoms with Crippen molar-refractivity contribution in [3.63, 3.8) is 0 Å². The molecule has 146 valence electrons. The van der Waals surface area contributed by atoms with Gasteiger partial charge in [-0.3, -0.25) is 0 Å². The highest BCUT2D eigenvalue weighted by atomic mass is 14.2. The van der Waals surface area contributed by atoms with Crippen LogP contribution in [0.3, 0.4) is 0 Å². The zero-order valence-electron chi connectivity index (χ0n) is 18.2. The average Bonchev–Trinajstić information content (AvgIpc) is 2.99. The Morgan fingerprint density at radius 2 is 1.81 bits per heavy atom. The second-order valence-electron chi connectivity index (χ2n) is 6.98. The second kappa shape index (κ2) is 14.6. The number of hydrogen-bond acceptors (Lipinski definition) is 0. The first-order chi connectivity index (χ1) is 12.6. The summed E-state index contributed by atoms with van der Waals surface area (Å²) in [6.45, 7) is 22.0. The third kappa shape index (κ3) is 7.79. The second-order valence-corrected chi connectivity index (χ2v) is 6.98. The average molecular weight is 355 g/mol. The molecule has 0 atom stereocenters. The highest BCUT2D eigenvalue weighted by Gasteiger charge is 2.16. The highest BCUT2D eigenvalue weighted by Crippen LogP contribution is 2.34. The van der Waals surface area contributed by atoms with Crippen molar-refractivity contribution in [2.75, 3.05) is 0 Å². The van der Waals surface area contributed by atoms with Gasteiger partial charge in [0.05, 0.1) is 0 Å². The first kappa shape index (κ1) is 24.5. The largest absolute Gasteiger partial charge is 0.120 e. The van der Waals surface area contributed by atoms with E-state index in [9.17, 15) is 0 Å². The minimum absolute atomic E-state index is 0.965. The van der Waals surface area contributed by atoms with Crippen LogP contribution in [-0.2, 0) is 0 Å². The van der Waals surface area contributed by atoms with E-state index in [1.165, 1.54) is 62.5 Å². The van der Waals surface area contributed by atoms with Crippen molar-refractivity contribution in [2.45, 2.75) is 92.4 Å². The van der Waals surface area contributed by atoms with E-state index in [0.29, 0.717) is 0 Å². The Bertz CT molecular complexity index is 541. The molecule has 0 spiro atoms. The van der Waals surface area contributed by atoms with Crippen molar-refractivity contribution in [3.05, 3.63) is 65.5 Å². The zero-order valence-corrected chi connectivity index (χ0v) is 18.2. The van der Waals surface area contributed by atoms with Crippen LogP contribution in [0.15, 0.2) is 65.5 Å². The lowest BCUT2D eigenvalue weighted by Crippen LogP contribution is -2.05. The summed E-state index contributed by atoms with van der Waals surface area (Å²) in [5.74, 6) is 1.11. The van der Waals surface area contributed by atoms with Crippen molar-refractivity contribution in [3.8, 4) is 0 Å². The van der Waals surface area contributed by atoms with Crippen LogP contribution >= 0.6 is 0 Å². The lowest BCUT2D eigenvalue weighted by Gasteiger charge is -2.20. The molecule has 0 aliphatic heterocycles. The van der Waals surface area contributed by atoms with Crippen LogP contribution in [0.4, 0.5) is 0 Å². The molecule has 2 aliphatic rings. The maximum atomic E-state index is 4.07. The number of allylic oxidation sites excluding steroid dienone is 7. The van der Waals surface area contributed by atoms with Crippen LogP contribution in [0.5, 0.6) is 0 Å². The SMILES string of the molecule is C=C=C(C=C)C1=C(C)C(=C)C(CC)=C1.CC.CCCCC1CCCCC1. The molecule has 0 saturated heterocycles. The smallest absolute Gasteiger partial charge is 0.0227 e. The topological polar surface area (TPSA) is 0 Å². The normalized spacial score (nSPS) is 16.7. The van der Waals surface area contributed by atoms with Crippen molar-refractivity contribution in [1.82, 2.24) is 0 Å². The van der Waals surface area contributed by atoms with Gasteiger partial charge in [-0.05, 0) is 47.6 Å². The molecule has 0 aromatic heterocycles. The first-order valence-electron chi connectivity index (χ1n) is 10.7. The lowest BCUT2D eigenvalue weighted by molar-refractivity contribution is 0.331. The fraction of sp³-hybridized carbons (Fsp3) is 0.577. The van der Waals surface area contributed by atoms with E-state index in [1.54, 1.807) is 6.08 Å². The predicted molar refractivity (Wildman–Crippen MR) is 121 cm³/mol. The lowest BCUT2D eigenvalue weighted by atomic mass is 9.86. The van der Waals surface area contributed by atoms with Crippen molar-refractivity contribution in [1.29, 1.82) is 0 Å². The molecule has 0 amide bonds. The van der Waals surface area contributed by atoms with E-state index < -0.39 is 0 Å². The van der Waals surface area contributed by atoms with Gasteiger partial charge in [-0.25, -0.2) is 0 Å². The van der Waals surface area contributed by atoms with Gasteiger partial charge in [-0.2, -0.15) is 0 Å². The number of hydrogen-bond donors (Lipinski definition) is 0. The molecule has 0 nitrogen and oxygen atoms in total. The molecule has 2 aliphatic carbocycles. The Morgan fingerprint density at radius 3 is 2.23 bits per heavy atom. The number of rotatable bonds is 6. The minimum Gasteiger partial charge on any atom is -0.120 e. The molecule has 26 heavy (non-hydrogen) atoms. The third-order valence-corrected chi connectivity index (χ3v) is 5.32. The summed E-state index contributed by atoms with van der Waals surface area (Å²) < 4.78 is 0. The Labute approximate surface area is 164 Å². The molecule has 1 saturated carbocycles. The van der Waals surface area contributed by atoms with Crippen molar-refractivity contribution >= 4 is 0 Å². The van der Waals surface area contributed by atoms with Crippen molar-refractivity contribution < 1.29 is 0 Å². The molecule has 2 rings (SSSR count). The van der Waals surface area contributed by atoms with Gasteiger partial charge in [-0.15, -0.1) is 5.73 Å². The van der Waals surface area contributed by atoms with Gasteiger partial charge in [0, 0.05) is 5.57 Å². The van der Waals surface area contributed by atoms with E-state index in [-0.39, 0.29) is 0 Å². The minimum atomic E-state index is 0.965. The molecule has 0 aromatic rings. The molecule has 0 bridgehead atoms. The van der Waals surface area contributed by atoms with Crippen LogP contribution in [0, 0.1) is 5.92 Å². The fourth-order valence-electron chi connectivity index (χ4n) is 3.61. The predicted octanol–water partition coefficient (Wildman–Crippen LogP) is 8.89. The molecule has 0 unspecified atom stereocenters. The Balaban J connectivity index is 0.000000458. The highest BCUT2D eigenvalue weighted by molar-refractivity contribution is 5.64. The number of unbranched alkanes of at least 4 members (excludes halogenated alkanes) is 1. The van der Waals surface area contributed by atoms with Gasteiger partial charge in [-0.1, -0.05) is 105 Å². The van der Waals surface area contributed by atoms with Crippen LogP contribution < -0.4 is 0 Å². The summed E-state index contributed by atoms with van der Waals surface area (Å²) >= 11 is 0. The molecular weight excluding hydrogens is 312 g/mol. The zero-order chi connectivity index (χ0) is 19.9. The summed E-state index contributed by atoms with van der Waals surface area (Å²) in [6.07, 6.45) is 16.9. The molecule has 0 aromatic carbocycles. The summed E-state index contributed by atoms with van der Waals surface area (Å²) in [5, 5.41) is 0. The third-order valence-electron chi connectivity index (χ3n) is 5.32. The summed E-state index contributed by atoms with van der Waals surface area (Å²) in [6, 6.07) is 0. The molecule has 0 radical (unpaired) electrons. The van der Waals surface area contributed by atoms with E-state index in [1.807, 2.05) is 13.8 Å². The Kier molecular flexibility index (Phi) is 13.8. The van der Waals surface area contributed by atoms with Crippen LogP contribution in [-0.4, -0.2) is 0 Å². The first-order valence-corrected chi connectivity index (χ1v) is 10.7. The van der Waals surface area contributed by atoms with Gasteiger partial charge in [0.15, 0.2) is 0 Å². The van der Waals surface area contributed by atoms with Gasteiger partial charge in [0.2, 0.25) is 0 Å². The molecule has 0 N–H and O–H groups in total. The molecular formula is C26H42. The fourth-order valence-corrected chi connectivity index (χ4v) is 3.61. The van der Waals surface area contributed by atoms with Crippen LogP contribution in [0.2, 0.25) is 0 Å². The van der Waals surface area contributed by atoms with Gasteiger partial charge in [0.1, 0.15) is 0 Å². The van der Waals surface area contributed by atoms with Gasteiger partial charge < -0.3 is 0 Å². The standard InChI is InChI=1S/C14H16.C10H20.C2H6/c1-6-12(7-2)14-9-13(8-3)10(4)11(14)5;1-2-3-7-10-8-5-4-6-9-10;1-2/h6,9H,1-2,4,8H2,3,5H3;10H,2-9H2,1H3;1-2H3. The summed E-state index contributed by atoms with van der Waals surface area (Å²) in [4.78, 5) is 0. The Hall–Kier alpha value is -1.52.